The van der Waals surface area contributed by atoms with Gasteiger partial charge in [0.05, 0.1) is 11.4 Å². The molecule has 1 aromatic heterocycles. The zero-order valence-electron chi connectivity index (χ0n) is 22.9. The molecule has 2 heteroatoms. The van der Waals surface area contributed by atoms with E-state index in [2.05, 4.69) is 133 Å². The number of nitrogens with zero attached hydrogens (tertiary/aromatic N) is 2. The van der Waals surface area contributed by atoms with E-state index in [1.807, 2.05) is 24.3 Å². The van der Waals surface area contributed by atoms with Gasteiger partial charge in [0, 0.05) is 16.7 Å². The van der Waals surface area contributed by atoms with Gasteiger partial charge in [-0.2, -0.15) is 0 Å². The van der Waals surface area contributed by atoms with E-state index in [0.29, 0.717) is 0 Å². The lowest BCUT2D eigenvalue weighted by Crippen LogP contribution is -1.97. The molecule has 0 spiro atoms. The van der Waals surface area contributed by atoms with Crippen molar-refractivity contribution in [2.75, 3.05) is 0 Å². The molecule has 7 aromatic carbocycles. The van der Waals surface area contributed by atoms with Gasteiger partial charge < -0.3 is 0 Å². The number of rotatable bonds is 4. The van der Waals surface area contributed by atoms with Gasteiger partial charge in [0.2, 0.25) is 0 Å². The molecule has 42 heavy (non-hydrogen) atoms. The Balaban J connectivity index is 1.40. The fourth-order valence-corrected chi connectivity index (χ4v) is 6.00. The topological polar surface area (TPSA) is 25.8 Å². The summed E-state index contributed by atoms with van der Waals surface area (Å²) in [5.74, 6) is 0.720. The number of aromatic nitrogens is 2. The maximum Gasteiger partial charge on any atom is 0.160 e. The fourth-order valence-electron chi connectivity index (χ4n) is 6.00. The van der Waals surface area contributed by atoms with E-state index in [1.54, 1.807) is 0 Å². The monoisotopic (exact) mass is 534 g/mol. The Hall–Kier alpha value is -5.60. The van der Waals surface area contributed by atoms with E-state index in [-0.39, 0.29) is 0 Å². The summed E-state index contributed by atoms with van der Waals surface area (Å²) in [7, 11) is 0. The predicted molar refractivity (Wildman–Crippen MR) is 176 cm³/mol. The molecular weight excluding hydrogens is 508 g/mol. The molecule has 0 amide bonds. The van der Waals surface area contributed by atoms with E-state index in [4.69, 9.17) is 9.97 Å². The molecule has 2 nitrogen and oxygen atoms in total. The average Bonchev–Trinajstić information content (AvgIpc) is 3.08. The van der Waals surface area contributed by atoms with E-state index in [1.165, 1.54) is 43.4 Å². The van der Waals surface area contributed by atoms with Crippen LogP contribution in [-0.2, 0) is 0 Å². The van der Waals surface area contributed by atoms with Crippen LogP contribution in [0.1, 0.15) is 0 Å². The van der Waals surface area contributed by atoms with E-state index in [9.17, 15) is 0 Å². The van der Waals surface area contributed by atoms with Gasteiger partial charge in [-0.05, 0) is 55.6 Å². The molecule has 0 aliphatic rings. The number of hydrogen-bond acceptors (Lipinski definition) is 2. The van der Waals surface area contributed by atoms with Crippen LogP contribution in [0.5, 0.6) is 0 Å². The lowest BCUT2D eigenvalue weighted by Gasteiger charge is -2.15. The van der Waals surface area contributed by atoms with Crippen LogP contribution in [0.2, 0.25) is 0 Å². The van der Waals surface area contributed by atoms with Crippen molar-refractivity contribution in [1.82, 2.24) is 9.97 Å². The third kappa shape index (κ3) is 4.22. The minimum absolute atomic E-state index is 0.720. The summed E-state index contributed by atoms with van der Waals surface area (Å²) in [5, 5.41) is 7.29. The van der Waals surface area contributed by atoms with Gasteiger partial charge in [0.1, 0.15) is 0 Å². The predicted octanol–water partition coefficient (Wildman–Crippen LogP) is 10.6. The standard InChI is InChI=1S/C40H26N2/c1-3-11-27(12-4-1)28-19-21-30(22-20-28)37-26-38(42-40(41-37)31-14-5-2-6-15-31)39-34-18-10-8-16-32(34)25-36-33-17-9-7-13-29(33)23-24-35(36)39/h1-26H. The van der Waals surface area contributed by atoms with Crippen molar-refractivity contribution in [3.8, 4) is 45.0 Å². The van der Waals surface area contributed by atoms with E-state index in [0.717, 1.165) is 33.9 Å². The van der Waals surface area contributed by atoms with Crippen LogP contribution in [0.3, 0.4) is 0 Å². The maximum atomic E-state index is 5.23. The average molecular weight is 535 g/mol. The summed E-state index contributed by atoms with van der Waals surface area (Å²) in [6, 6.07) is 55.6. The highest BCUT2D eigenvalue weighted by Crippen LogP contribution is 2.40. The lowest BCUT2D eigenvalue weighted by atomic mass is 9.91. The SMILES string of the molecule is c1ccc(-c2ccc(-c3cc(-c4c5ccccc5cc5c4ccc4ccccc45)nc(-c4ccccc4)n3)cc2)cc1. The molecule has 0 atom stereocenters. The van der Waals surface area contributed by atoms with Gasteiger partial charge in [-0.15, -0.1) is 0 Å². The van der Waals surface area contributed by atoms with Crippen LogP contribution in [0, 0.1) is 0 Å². The zero-order chi connectivity index (χ0) is 27.9. The Bertz CT molecular complexity index is 2220. The maximum absolute atomic E-state index is 5.23. The highest BCUT2D eigenvalue weighted by molar-refractivity contribution is 6.19. The number of fused-ring (bicyclic) bond motifs is 4. The summed E-state index contributed by atoms with van der Waals surface area (Å²) in [4.78, 5) is 10.3. The second-order valence-electron chi connectivity index (χ2n) is 10.6. The first-order chi connectivity index (χ1) is 20.8. The van der Waals surface area contributed by atoms with Crippen molar-refractivity contribution in [3.05, 3.63) is 158 Å². The molecule has 0 bridgehead atoms. The van der Waals surface area contributed by atoms with Crippen molar-refractivity contribution in [2.24, 2.45) is 0 Å². The number of benzene rings is 7. The Morgan fingerprint density at radius 2 is 0.881 bits per heavy atom. The van der Waals surface area contributed by atoms with Crippen LogP contribution >= 0.6 is 0 Å². The van der Waals surface area contributed by atoms with Crippen molar-refractivity contribution in [3.63, 3.8) is 0 Å². The Labute approximate surface area is 244 Å². The van der Waals surface area contributed by atoms with Gasteiger partial charge in [-0.25, -0.2) is 9.97 Å². The summed E-state index contributed by atoms with van der Waals surface area (Å²) < 4.78 is 0. The molecule has 1 heterocycles. The van der Waals surface area contributed by atoms with Gasteiger partial charge >= 0.3 is 0 Å². The molecule has 196 valence electrons. The Morgan fingerprint density at radius 1 is 0.310 bits per heavy atom. The normalized spacial score (nSPS) is 11.3. The molecule has 0 saturated carbocycles. The fraction of sp³-hybridized carbons (Fsp3) is 0. The van der Waals surface area contributed by atoms with Crippen LogP contribution in [0.15, 0.2) is 158 Å². The van der Waals surface area contributed by atoms with Gasteiger partial charge in [-0.1, -0.05) is 146 Å². The minimum atomic E-state index is 0.720. The highest BCUT2D eigenvalue weighted by atomic mass is 14.9. The second-order valence-corrected chi connectivity index (χ2v) is 10.6. The lowest BCUT2D eigenvalue weighted by molar-refractivity contribution is 1.19. The van der Waals surface area contributed by atoms with Crippen LogP contribution < -0.4 is 0 Å². The summed E-state index contributed by atoms with van der Waals surface area (Å²) in [5.41, 5.74) is 7.40. The van der Waals surface area contributed by atoms with Gasteiger partial charge in [0.15, 0.2) is 5.82 Å². The second kappa shape index (κ2) is 10.1. The molecular formula is C40H26N2. The van der Waals surface area contributed by atoms with Crippen LogP contribution in [0.4, 0.5) is 0 Å². The highest BCUT2D eigenvalue weighted by Gasteiger charge is 2.17. The summed E-state index contributed by atoms with van der Waals surface area (Å²) in [6.07, 6.45) is 0. The summed E-state index contributed by atoms with van der Waals surface area (Å²) >= 11 is 0. The minimum Gasteiger partial charge on any atom is -0.228 e. The molecule has 0 aliphatic heterocycles. The van der Waals surface area contributed by atoms with Crippen molar-refractivity contribution in [2.45, 2.75) is 0 Å². The van der Waals surface area contributed by atoms with Crippen molar-refractivity contribution in [1.29, 1.82) is 0 Å². The van der Waals surface area contributed by atoms with Crippen molar-refractivity contribution < 1.29 is 0 Å². The smallest absolute Gasteiger partial charge is 0.160 e. The van der Waals surface area contributed by atoms with Crippen LogP contribution in [-0.4, -0.2) is 9.97 Å². The number of hydrogen-bond donors (Lipinski definition) is 0. The largest absolute Gasteiger partial charge is 0.228 e. The van der Waals surface area contributed by atoms with Gasteiger partial charge in [0.25, 0.3) is 0 Å². The first-order valence-corrected chi connectivity index (χ1v) is 14.3. The molecule has 0 N–H and O–H groups in total. The molecule has 0 aliphatic carbocycles. The molecule has 0 radical (unpaired) electrons. The first-order valence-electron chi connectivity index (χ1n) is 14.3. The third-order valence-corrected chi connectivity index (χ3v) is 8.07. The van der Waals surface area contributed by atoms with Crippen LogP contribution in [0.25, 0.3) is 77.3 Å². The Morgan fingerprint density at radius 3 is 1.64 bits per heavy atom. The first kappa shape index (κ1) is 24.2. The molecule has 8 aromatic rings. The van der Waals surface area contributed by atoms with Crippen molar-refractivity contribution >= 4 is 32.3 Å². The Kier molecular flexibility index (Phi) is 5.82. The van der Waals surface area contributed by atoms with E-state index >= 15 is 0 Å². The molecule has 0 fully saturated rings. The quantitative estimate of drug-likeness (QED) is 0.166. The molecule has 0 unspecified atom stereocenters. The zero-order valence-corrected chi connectivity index (χ0v) is 22.9. The van der Waals surface area contributed by atoms with Gasteiger partial charge in [-0.3, -0.25) is 0 Å². The molecule has 8 rings (SSSR count). The van der Waals surface area contributed by atoms with E-state index < -0.39 is 0 Å². The summed E-state index contributed by atoms with van der Waals surface area (Å²) in [6.45, 7) is 0. The molecule has 0 saturated heterocycles. The third-order valence-electron chi connectivity index (χ3n) is 8.07.